The minimum atomic E-state index is -4.10. The second-order valence-corrected chi connectivity index (χ2v) is 8.48. The van der Waals surface area contributed by atoms with Gasteiger partial charge in [0.1, 0.15) is 4.90 Å². The van der Waals surface area contributed by atoms with Crippen molar-refractivity contribution in [2.75, 3.05) is 0 Å². The van der Waals surface area contributed by atoms with E-state index in [-0.39, 0.29) is 10.8 Å². The summed E-state index contributed by atoms with van der Waals surface area (Å²) < 4.78 is 32.4. The van der Waals surface area contributed by atoms with E-state index in [0.29, 0.717) is 21.4 Å². The van der Waals surface area contributed by atoms with E-state index in [4.69, 9.17) is 27.4 Å². The standard InChI is InChI=1S/C21H14Cl2N2O3S/c22-16-10-12-17(13-11-16)29(26,27)28-21-14-19(15-6-2-1-3-7-15)24-25(21)20-9-5-4-8-18(20)23/h1-14H. The smallest absolute Gasteiger partial charge is 0.340 e. The first-order valence-corrected chi connectivity index (χ1v) is 10.7. The van der Waals surface area contributed by atoms with Gasteiger partial charge in [-0.1, -0.05) is 65.7 Å². The number of hydrogen-bond donors (Lipinski definition) is 0. The van der Waals surface area contributed by atoms with E-state index in [2.05, 4.69) is 5.10 Å². The highest BCUT2D eigenvalue weighted by atomic mass is 35.5. The Balaban J connectivity index is 1.82. The summed E-state index contributed by atoms with van der Waals surface area (Å²) in [6.45, 7) is 0. The van der Waals surface area contributed by atoms with Crippen LogP contribution in [0.5, 0.6) is 5.88 Å². The first-order chi connectivity index (χ1) is 13.9. The molecule has 0 spiro atoms. The van der Waals surface area contributed by atoms with Gasteiger partial charge in [-0.3, -0.25) is 0 Å². The molecule has 4 rings (SSSR count). The number of para-hydroxylation sites is 1. The highest BCUT2D eigenvalue weighted by Gasteiger charge is 2.22. The Morgan fingerprint density at radius 2 is 1.48 bits per heavy atom. The second kappa shape index (κ2) is 7.91. The molecule has 0 aliphatic carbocycles. The highest BCUT2D eigenvalue weighted by molar-refractivity contribution is 7.87. The molecule has 0 saturated heterocycles. The van der Waals surface area contributed by atoms with Gasteiger partial charge < -0.3 is 4.18 Å². The van der Waals surface area contributed by atoms with Crippen LogP contribution in [0.2, 0.25) is 10.0 Å². The maximum atomic E-state index is 12.8. The van der Waals surface area contributed by atoms with Crippen molar-refractivity contribution in [2.24, 2.45) is 0 Å². The van der Waals surface area contributed by atoms with Crippen LogP contribution in [0.15, 0.2) is 89.8 Å². The lowest BCUT2D eigenvalue weighted by atomic mass is 10.2. The Bertz CT molecular complexity index is 1250. The van der Waals surface area contributed by atoms with Crippen molar-refractivity contribution in [3.05, 3.63) is 95.0 Å². The van der Waals surface area contributed by atoms with Gasteiger partial charge in [-0.15, -0.1) is 0 Å². The Labute approximate surface area is 178 Å². The fourth-order valence-electron chi connectivity index (χ4n) is 2.73. The van der Waals surface area contributed by atoms with Gasteiger partial charge >= 0.3 is 10.1 Å². The van der Waals surface area contributed by atoms with Crippen LogP contribution in [-0.4, -0.2) is 18.2 Å². The average molecular weight is 445 g/mol. The molecule has 5 nitrogen and oxygen atoms in total. The molecule has 0 N–H and O–H groups in total. The number of benzene rings is 3. The summed E-state index contributed by atoms with van der Waals surface area (Å²) >= 11 is 12.2. The Kier molecular flexibility index (Phi) is 5.32. The largest absolute Gasteiger partial charge is 0.358 e. The number of hydrogen-bond acceptors (Lipinski definition) is 4. The van der Waals surface area contributed by atoms with Crippen molar-refractivity contribution < 1.29 is 12.6 Å². The van der Waals surface area contributed by atoms with Gasteiger partial charge in [0.25, 0.3) is 0 Å². The molecule has 0 saturated carbocycles. The van der Waals surface area contributed by atoms with Gasteiger partial charge in [0.2, 0.25) is 5.88 Å². The lowest BCUT2D eigenvalue weighted by molar-refractivity contribution is 0.465. The molecule has 0 fully saturated rings. The maximum absolute atomic E-state index is 12.8. The summed E-state index contributed by atoms with van der Waals surface area (Å²) in [4.78, 5) is -0.0185. The van der Waals surface area contributed by atoms with Crippen LogP contribution in [0.1, 0.15) is 0 Å². The molecule has 29 heavy (non-hydrogen) atoms. The van der Waals surface area contributed by atoms with E-state index in [0.717, 1.165) is 5.56 Å². The van der Waals surface area contributed by atoms with Crippen LogP contribution in [0, 0.1) is 0 Å². The summed E-state index contributed by atoms with van der Waals surface area (Å²) in [6.07, 6.45) is 0. The molecule has 1 heterocycles. The van der Waals surface area contributed by atoms with Crippen LogP contribution in [0.4, 0.5) is 0 Å². The van der Waals surface area contributed by atoms with E-state index in [9.17, 15) is 8.42 Å². The molecule has 0 atom stereocenters. The minimum Gasteiger partial charge on any atom is -0.358 e. The van der Waals surface area contributed by atoms with E-state index >= 15 is 0 Å². The molecule has 4 aromatic rings. The lowest BCUT2D eigenvalue weighted by Gasteiger charge is -2.10. The number of halogens is 2. The molecule has 0 unspecified atom stereocenters. The van der Waals surface area contributed by atoms with Gasteiger partial charge in [-0.2, -0.15) is 18.2 Å². The number of rotatable bonds is 5. The molecule has 0 radical (unpaired) electrons. The predicted molar refractivity (Wildman–Crippen MR) is 113 cm³/mol. The third-order valence-corrected chi connectivity index (χ3v) is 5.94. The first-order valence-electron chi connectivity index (χ1n) is 8.54. The van der Waals surface area contributed by atoms with Crippen molar-refractivity contribution in [1.82, 2.24) is 9.78 Å². The van der Waals surface area contributed by atoms with Gasteiger partial charge in [-0.05, 0) is 36.4 Å². The van der Waals surface area contributed by atoms with Crippen LogP contribution < -0.4 is 4.18 Å². The van der Waals surface area contributed by atoms with E-state index in [1.54, 1.807) is 30.3 Å². The van der Waals surface area contributed by atoms with Crippen LogP contribution in [0.25, 0.3) is 16.9 Å². The van der Waals surface area contributed by atoms with Gasteiger partial charge in [0.15, 0.2) is 0 Å². The van der Waals surface area contributed by atoms with Crippen molar-refractivity contribution in [2.45, 2.75) is 4.90 Å². The molecule has 146 valence electrons. The summed E-state index contributed by atoms with van der Waals surface area (Å²) in [5.41, 5.74) is 1.86. The summed E-state index contributed by atoms with van der Waals surface area (Å²) in [6, 6.07) is 23.6. The molecule has 0 aliphatic rings. The van der Waals surface area contributed by atoms with Crippen LogP contribution >= 0.6 is 23.2 Å². The molecule has 8 heteroatoms. The monoisotopic (exact) mass is 444 g/mol. The highest BCUT2D eigenvalue weighted by Crippen LogP contribution is 2.31. The zero-order valence-corrected chi connectivity index (χ0v) is 17.2. The number of nitrogens with zero attached hydrogens (tertiary/aromatic N) is 2. The topological polar surface area (TPSA) is 61.2 Å². The summed E-state index contributed by atoms with van der Waals surface area (Å²) in [5, 5.41) is 5.36. The Hall–Kier alpha value is -2.80. The summed E-state index contributed by atoms with van der Waals surface area (Å²) in [5.74, 6) is 0.0203. The van der Waals surface area contributed by atoms with E-state index < -0.39 is 10.1 Å². The molecule has 0 aliphatic heterocycles. The molecular formula is C21H14Cl2N2O3S. The fourth-order valence-corrected chi connectivity index (χ4v) is 3.98. The van der Waals surface area contributed by atoms with Crippen molar-refractivity contribution in [3.8, 4) is 22.8 Å². The van der Waals surface area contributed by atoms with E-state index in [1.165, 1.54) is 28.9 Å². The zero-order valence-electron chi connectivity index (χ0n) is 14.9. The van der Waals surface area contributed by atoms with Gasteiger partial charge in [-0.25, -0.2) is 0 Å². The SMILES string of the molecule is O=S(=O)(Oc1cc(-c2ccccc2)nn1-c1ccccc1Cl)c1ccc(Cl)cc1. The first kappa shape index (κ1) is 19.5. The predicted octanol–water partition coefficient (Wildman–Crippen LogP) is 5.61. The van der Waals surface area contributed by atoms with Crippen molar-refractivity contribution in [3.63, 3.8) is 0 Å². The van der Waals surface area contributed by atoms with Crippen LogP contribution in [0.3, 0.4) is 0 Å². The Morgan fingerprint density at radius 3 is 2.17 bits per heavy atom. The molecule has 1 aromatic heterocycles. The summed E-state index contributed by atoms with van der Waals surface area (Å²) in [7, 11) is -4.10. The minimum absolute atomic E-state index is 0.0185. The van der Waals surface area contributed by atoms with E-state index in [1.807, 2.05) is 30.3 Å². The van der Waals surface area contributed by atoms with Gasteiger partial charge in [0, 0.05) is 16.7 Å². The third-order valence-electron chi connectivity index (χ3n) is 4.12. The molecular weight excluding hydrogens is 431 g/mol. The fraction of sp³-hybridized carbons (Fsp3) is 0. The van der Waals surface area contributed by atoms with Crippen LogP contribution in [-0.2, 0) is 10.1 Å². The zero-order chi connectivity index (χ0) is 20.4. The lowest BCUT2D eigenvalue weighted by Crippen LogP contribution is -2.12. The van der Waals surface area contributed by atoms with Crippen molar-refractivity contribution in [1.29, 1.82) is 0 Å². The molecule has 0 bridgehead atoms. The van der Waals surface area contributed by atoms with Crippen molar-refractivity contribution >= 4 is 33.3 Å². The average Bonchev–Trinajstić information content (AvgIpc) is 3.12. The second-order valence-electron chi connectivity index (χ2n) is 6.09. The normalized spacial score (nSPS) is 11.4. The third kappa shape index (κ3) is 4.15. The quantitative estimate of drug-likeness (QED) is 0.375. The molecule has 3 aromatic carbocycles. The Morgan fingerprint density at radius 1 is 0.828 bits per heavy atom. The molecule has 0 amide bonds. The number of aromatic nitrogens is 2. The maximum Gasteiger partial charge on any atom is 0.340 e. The van der Waals surface area contributed by atoms with Gasteiger partial charge in [0.05, 0.1) is 16.4 Å².